The zero-order valence-corrected chi connectivity index (χ0v) is 9.81. The van der Waals surface area contributed by atoms with Gasteiger partial charge in [-0.05, 0) is 41.7 Å². The molecule has 0 radical (unpaired) electrons. The number of nitrogens with two attached hydrogens (primary N) is 1. The van der Waals surface area contributed by atoms with Crippen LogP contribution < -0.4 is 11.1 Å². The highest BCUT2D eigenvalue weighted by Gasteiger charge is 2.24. The molecule has 3 N–H and O–H groups in total. The number of nitrogen functional groups attached to an aromatic ring is 1. The van der Waals surface area contributed by atoms with Gasteiger partial charge in [0.1, 0.15) is 0 Å². The number of benzene rings is 1. The standard InChI is InChI=1S/C12H16N4O/c1-7(6-8-2-3-8)14-10-5-4-9(13)11-12(10)16-17-15-11/h4-5,7-8,14H,2-3,6,13H2,1H3. The Bertz CT molecular complexity index is 532. The van der Waals surface area contributed by atoms with Crippen LogP contribution >= 0.6 is 0 Å². The zero-order chi connectivity index (χ0) is 11.8. The summed E-state index contributed by atoms with van der Waals surface area (Å²) in [4.78, 5) is 0. The molecule has 1 unspecified atom stereocenters. The molecule has 3 rings (SSSR count). The average Bonchev–Trinajstić information content (AvgIpc) is 2.96. The van der Waals surface area contributed by atoms with Crippen LogP contribution in [-0.4, -0.2) is 16.4 Å². The van der Waals surface area contributed by atoms with Crippen molar-refractivity contribution < 1.29 is 4.63 Å². The molecule has 5 nitrogen and oxygen atoms in total. The first-order valence-electron chi connectivity index (χ1n) is 6.01. The lowest BCUT2D eigenvalue weighted by Crippen LogP contribution is -2.16. The first-order valence-corrected chi connectivity index (χ1v) is 6.01. The fourth-order valence-corrected chi connectivity index (χ4v) is 2.18. The Kier molecular flexibility index (Phi) is 2.39. The van der Waals surface area contributed by atoms with Crippen molar-refractivity contribution in [3.8, 4) is 0 Å². The van der Waals surface area contributed by atoms with Crippen molar-refractivity contribution in [1.82, 2.24) is 10.3 Å². The Hall–Kier alpha value is -1.78. The normalized spacial score (nSPS) is 17.2. The number of anilines is 2. The monoisotopic (exact) mass is 232 g/mol. The SMILES string of the molecule is CC(CC1CC1)Nc1ccc(N)c2nonc12. The number of fused-ring (bicyclic) bond motifs is 1. The quantitative estimate of drug-likeness (QED) is 0.791. The van der Waals surface area contributed by atoms with Gasteiger partial charge in [0.05, 0.1) is 11.4 Å². The van der Waals surface area contributed by atoms with E-state index in [9.17, 15) is 0 Å². The molecule has 1 saturated carbocycles. The summed E-state index contributed by atoms with van der Waals surface area (Å²) in [6.07, 6.45) is 3.94. The summed E-state index contributed by atoms with van der Waals surface area (Å²) in [6.45, 7) is 2.19. The van der Waals surface area contributed by atoms with Gasteiger partial charge in [-0.15, -0.1) is 0 Å². The van der Waals surface area contributed by atoms with Crippen molar-refractivity contribution in [3.05, 3.63) is 12.1 Å². The van der Waals surface area contributed by atoms with E-state index >= 15 is 0 Å². The molecule has 1 aliphatic carbocycles. The van der Waals surface area contributed by atoms with Crippen molar-refractivity contribution in [1.29, 1.82) is 0 Å². The van der Waals surface area contributed by atoms with E-state index in [0.717, 1.165) is 11.6 Å². The van der Waals surface area contributed by atoms with Crippen LogP contribution in [0.15, 0.2) is 16.8 Å². The molecule has 90 valence electrons. The Morgan fingerprint density at radius 3 is 2.94 bits per heavy atom. The fraction of sp³-hybridized carbons (Fsp3) is 0.500. The number of nitrogens with zero attached hydrogens (tertiary/aromatic N) is 2. The van der Waals surface area contributed by atoms with Crippen LogP contribution in [0.25, 0.3) is 11.0 Å². The molecule has 0 saturated heterocycles. The molecule has 1 fully saturated rings. The predicted molar refractivity (Wildman–Crippen MR) is 66.6 cm³/mol. The lowest BCUT2D eigenvalue weighted by Gasteiger charge is -2.14. The van der Waals surface area contributed by atoms with E-state index in [2.05, 4.69) is 22.6 Å². The van der Waals surface area contributed by atoms with Gasteiger partial charge in [-0.1, -0.05) is 12.8 Å². The van der Waals surface area contributed by atoms with Crippen molar-refractivity contribution in [3.63, 3.8) is 0 Å². The molecule has 0 bridgehead atoms. The van der Waals surface area contributed by atoms with E-state index in [1.165, 1.54) is 19.3 Å². The van der Waals surface area contributed by atoms with Gasteiger partial charge >= 0.3 is 0 Å². The zero-order valence-electron chi connectivity index (χ0n) is 9.81. The topological polar surface area (TPSA) is 77.0 Å². The predicted octanol–water partition coefficient (Wildman–Crippen LogP) is 2.41. The largest absolute Gasteiger partial charge is 0.397 e. The summed E-state index contributed by atoms with van der Waals surface area (Å²) < 4.78 is 4.74. The highest BCUT2D eigenvalue weighted by atomic mass is 16.6. The second kappa shape index (κ2) is 3.91. The highest BCUT2D eigenvalue weighted by molar-refractivity contribution is 5.95. The smallest absolute Gasteiger partial charge is 0.160 e. The second-order valence-electron chi connectivity index (χ2n) is 4.89. The Morgan fingerprint density at radius 2 is 2.18 bits per heavy atom. The highest BCUT2D eigenvalue weighted by Crippen LogP contribution is 2.34. The van der Waals surface area contributed by atoms with Crippen LogP contribution in [0.3, 0.4) is 0 Å². The minimum atomic E-state index is 0.436. The molecule has 1 atom stereocenters. The number of hydrogen-bond donors (Lipinski definition) is 2. The number of hydrogen-bond acceptors (Lipinski definition) is 5. The van der Waals surface area contributed by atoms with E-state index in [1.54, 1.807) is 0 Å². The minimum Gasteiger partial charge on any atom is -0.397 e. The second-order valence-corrected chi connectivity index (χ2v) is 4.89. The molecule has 1 aromatic heterocycles. The molecule has 2 aromatic rings. The summed E-state index contributed by atoms with van der Waals surface area (Å²) in [5.41, 5.74) is 8.70. The van der Waals surface area contributed by atoms with Gasteiger partial charge in [0.25, 0.3) is 0 Å². The number of aromatic nitrogens is 2. The van der Waals surface area contributed by atoms with Crippen molar-refractivity contribution >= 4 is 22.4 Å². The first-order chi connectivity index (χ1) is 8.24. The molecule has 0 amide bonds. The van der Waals surface area contributed by atoms with E-state index in [4.69, 9.17) is 10.4 Å². The molecule has 17 heavy (non-hydrogen) atoms. The van der Waals surface area contributed by atoms with E-state index < -0.39 is 0 Å². The first kappa shape index (κ1) is 10.4. The van der Waals surface area contributed by atoms with E-state index in [1.807, 2.05) is 12.1 Å². The van der Waals surface area contributed by atoms with E-state index in [-0.39, 0.29) is 0 Å². The third-order valence-electron chi connectivity index (χ3n) is 3.23. The van der Waals surface area contributed by atoms with Gasteiger partial charge in [0, 0.05) is 6.04 Å². The number of nitrogens with one attached hydrogen (secondary N) is 1. The van der Waals surface area contributed by atoms with Crippen LogP contribution in [0.5, 0.6) is 0 Å². The van der Waals surface area contributed by atoms with Gasteiger partial charge in [0.2, 0.25) is 0 Å². The molecule has 0 spiro atoms. The molecule has 1 heterocycles. The average molecular weight is 232 g/mol. The van der Waals surface area contributed by atoms with Gasteiger partial charge < -0.3 is 11.1 Å². The molecular weight excluding hydrogens is 216 g/mol. The maximum Gasteiger partial charge on any atom is 0.160 e. The van der Waals surface area contributed by atoms with Gasteiger partial charge in [-0.25, -0.2) is 4.63 Å². The summed E-state index contributed by atoms with van der Waals surface area (Å²) in [5.74, 6) is 0.900. The third kappa shape index (κ3) is 2.05. The van der Waals surface area contributed by atoms with Crippen LogP contribution in [0.1, 0.15) is 26.2 Å². The van der Waals surface area contributed by atoms with Gasteiger partial charge in [0.15, 0.2) is 11.0 Å². The fourth-order valence-electron chi connectivity index (χ4n) is 2.18. The summed E-state index contributed by atoms with van der Waals surface area (Å²) in [6, 6.07) is 4.20. The molecule has 0 aliphatic heterocycles. The number of rotatable bonds is 4. The Labute approximate surface area is 99.3 Å². The van der Waals surface area contributed by atoms with E-state index in [0.29, 0.717) is 22.8 Å². The molecule has 5 heteroatoms. The lowest BCUT2D eigenvalue weighted by atomic mass is 10.1. The van der Waals surface area contributed by atoms with Crippen LogP contribution in [0, 0.1) is 5.92 Å². The van der Waals surface area contributed by atoms with Crippen molar-refractivity contribution in [2.24, 2.45) is 5.92 Å². The van der Waals surface area contributed by atoms with Crippen molar-refractivity contribution in [2.45, 2.75) is 32.2 Å². The van der Waals surface area contributed by atoms with Crippen LogP contribution in [0.4, 0.5) is 11.4 Å². The summed E-state index contributed by atoms with van der Waals surface area (Å²) in [5, 5.41) is 11.2. The molecule has 1 aromatic carbocycles. The van der Waals surface area contributed by atoms with Crippen LogP contribution in [0.2, 0.25) is 0 Å². The van der Waals surface area contributed by atoms with Crippen molar-refractivity contribution in [2.75, 3.05) is 11.1 Å². The lowest BCUT2D eigenvalue weighted by molar-refractivity contribution is 0.315. The maximum atomic E-state index is 5.80. The van der Waals surface area contributed by atoms with Gasteiger partial charge in [-0.2, -0.15) is 0 Å². The third-order valence-corrected chi connectivity index (χ3v) is 3.23. The summed E-state index contributed by atoms with van der Waals surface area (Å²) >= 11 is 0. The Morgan fingerprint density at radius 1 is 1.41 bits per heavy atom. The Balaban J connectivity index is 1.84. The van der Waals surface area contributed by atoms with Gasteiger partial charge in [-0.3, -0.25) is 0 Å². The minimum absolute atomic E-state index is 0.436. The summed E-state index contributed by atoms with van der Waals surface area (Å²) in [7, 11) is 0. The molecular formula is C12H16N4O. The van der Waals surface area contributed by atoms with Crippen LogP contribution in [-0.2, 0) is 0 Å². The maximum absolute atomic E-state index is 5.80. The molecule has 1 aliphatic rings.